The summed E-state index contributed by atoms with van der Waals surface area (Å²) in [5, 5.41) is 5.17. The van der Waals surface area contributed by atoms with Crippen LogP contribution in [0, 0.1) is 0 Å². The summed E-state index contributed by atoms with van der Waals surface area (Å²) >= 11 is 1.53. The van der Waals surface area contributed by atoms with Gasteiger partial charge in [-0.05, 0) is 47.5 Å². The molecule has 0 bridgehead atoms. The van der Waals surface area contributed by atoms with Crippen LogP contribution in [0.1, 0.15) is 64.5 Å². The van der Waals surface area contributed by atoms with Crippen molar-refractivity contribution in [3.63, 3.8) is 0 Å². The highest BCUT2D eigenvalue weighted by Crippen LogP contribution is 2.27. The van der Waals surface area contributed by atoms with Crippen LogP contribution in [0.15, 0.2) is 72.1 Å². The van der Waals surface area contributed by atoms with Gasteiger partial charge >= 0.3 is 5.97 Å². The molecule has 7 heteroatoms. The molecule has 0 radical (unpaired) electrons. The Morgan fingerprint density at radius 1 is 0.972 bits per heavy atom. The standard InChI is InChI=1S/C29H32N2O4S/c1-35-29(34)23-16-14-22(15-17-23)27(28(33)30-24-11-6-3-7-12-24)31(20-21-9-4-2-5-10-21)26(32)19-25-13-8-18-36-25/h2,4-5,8-10,13-18,24,27H,3,6-7,11-12,19-20H2,1H3,(H,30,33)/t27-/m0/s1. The predicted octanol–water partition coefficient (Wildman–Crippen LogP) is 5.30. The molecule has 2 aromatic carbocycles. The maximum atomic E-state index is 13.8. The fraction of sp³-hybridized carbons (Fsp3) is 0.345. The molecule has 3 aromatic rings. The lowest BCUT2D eigenvalue weighted by Crippen LogP contribution is -2.47. The Balaban J connectivity index is 1.69. The van der Waals surface area contributed by atoms with Crippen molar-refractivity contribution in [1.82, 2.24) is 10.2 Å². The largest absolute Gasteiger partial charge is 0.465 e. The van der Waals surface area contributed by atoms with Crippen molar-refractivity contribution in [2.24, 2.45) is 0 Å². The second-order valence-electron chi connectivity index (χ2n) is 9.12. The Bertz CT molecular complexity index is 1140. The van der Waals surface area contributed by atoms with E-state index in [1.807, 2.05) is 47.8 Å². The first-order valence-electron chi connectivity index (χ1n) is 12.4. The molecule has 188 valence electrons. The molecule has 36 heavy (non-hydrogen) atoms. The van der Waals surface area contributed by atoms with Gasteiger partial charge in [0.1, 0.15) is 6.04 Å². The SMILES string of the molecule is COC(=O)c1ccc([C@@H](C(=O)NC2CCCCC2)N(Cc2ccccc2)C(=O)Cc2cccs2)cc1. The monoisotopic (exact) mass is 504 g/mol. The minimum absolute atomic E-state index is 0.106. The molecule has 6 nitrogen and oxygen atoms in total. The molecule has 1 atom stereocenters. The van der Waals surface area contributed by atoms with Crippen LogP contribution in [-0.2, 0) is 27.3 Å². The molecule has 2 amide bonds. The molecule has 1 saturated carbocycles. The van der Waals surface area contributed by atoms with Crippen LogP contribution < -0.4 is 5.32 Å². The minimum atomic E-state index is -0.828. The van der Waals surface area contributed by atoms with Crippen molar-refractivity contribution in [3.8, 4) is 0 Å². The molecule has 1 N–H and O–H groups in total. The van der Waals surface area contributed by atoms with Crippen molar-refractivity contribution in [2.75, 3.05) is 7.11 Å². The fourth-order valence-electron chi connectivity index (χ4n) is 4.69. The van der Waals surface area contributed by atoms with Crippen LogP contribution in [-0.4, -0.2) is 35.8 Å². The van der Waals surface area contributed by atoms with E-state index in [0.717, 1.165) is 36.1 Å². The average molecular weight is 505 g/mol. The third-order valence-corrected chi connectivity index (χ3v) is 7.46. The van der Waals surface area contributed by atoms with E-state index < -0.39 is 12.0 Å². The number of esters is 1. The molecule has 1 aliphatic carbocycles. The summed E-state index contributed by atoms with van der Waals surface area (Å²) in [6.45, 7) is 0.298. The summed E-state index contributed by atoms with van der Waals surface area (Å²) in [4.78, 5) is 42.2. The molecule has 0 unspecified atom stereocenters. The molecule has 1 heterocycles. The number of thiophene rings is 1. The molecule has 1 fully saturated rings. The minimum Gasteiger partial charge on any atom is -0.465 e. The Kier molecular flexibility index (Phi) is 8.90. The number of ether oxygens (including phenoxy) is 1. The second kappa shape index (κ2) is 12.5. The zero-order chi connectivity index (χ0) is 25.3. The van der Waals surface area contributed by atoms with Crippen molar-refractivity contribution >= 4 is 29.1 Å². The van der Waals surface area contributed by atoms with Crippen LogP contribution in [0.25, 0.3) is 0 Å². The van der Waals surface area contributed by atoms with Crippen LogP contribution in [0.5, 0.6) is 0 Å². The molecular weight excluding hydrogens is 472 g/mol. The zero-order valence-electron chi connectivity index (χ0n) is 20.5. The van der Waals surface area contributed by atoms with Gasteiger partial charge in [0.2, 0.25) is 11.8 Å². The summed E-state index contributed by atoms with van der Waals surface area (Å²) in [6, 6.07) is 19.6. The second-order valence-corrected chi connectivity index (χ2v) is 10.2. The van der Waals surface area contributed by atoms with Gasteiger partial charge in [0.25, 0.3) is 0 Å². The van der Waals surface area contributed by atoms with Gasteiger partial charge in [-0.2, -0.15) is 0 Å². The molecular formula is C29H32N2O4S. The summed E-state index contributed by atoms with van der Waals surface area (Å²) in [5.41, 5.74) is 2.00. The Labute approximate surface area is 216 Å². The Morgan fingerprint density at radius 2 is 1.69 bits per heavy atom. The highest BCUT2D eigenvalue weighted by atomic mass is 32.1. The van der Waals surface area contributed by atoms with Gasteiger partial charge in [-0.1, -0.05) is 67.8 Å². The number of carbonyl (C=O) groups is 3. The number of amides is 2. The first-order chi connectivity index (χ1) is 17.5. The van der Waals surface area contributed by atoms with Crippen molar-refractivity contribution < 1.29 is 19.1 Å². The lowest BCUT2D eigenvalue weighted by atomic mass is 9.94. The normalized spacial score (nSPS) is 14.6. The molecule has 0 spiro atoms. The van der Waals surface area contributed by atoms with Crippen molar-refractivity contribution in [3.05, 3.63) is 93.7 Å². The van der Waals surface area contributed by atoms with Crippen molar-refractivity contribution in [1.29, 1.82) is 0 Å². The van der Waals surface area contributed by atoms with Gasteiger partial charge < -0.3 is 15.0 Å². The average Bonchev–Trinajstić information content (AvgIpc) is 3.42. The third kappa shape index (κ3) is 6.61. The smallest absolute Gasteiger partial charge is 0.337 e. The Morgan fingerprint density at radius 3 is 2.33 bits per heavy atom. The van der Waals surface area contributed by atoms with Crippen LogP contribution in [0.2, 0.25) is 0 Å². The summed E-state index contributed by atoms with van der Waals surface area (Å²) < 4.78 is 4.83. The number of hydrogen-bond acceptors (Lipinski definition) is 5. The zero-order valence-corrected chi connectivity index (χ0v) is 21.3. The van der Waals surface area contributed by atoms with E-state index in [-0.39, 0.29) is 24.3 Å². The molecule has 4 rings (SSSR count). The van der Waals surface area contributed by atoms with E-state index in [2.05, 4.69) is 5.32 Å². The quantitative estimate of drug-likeness (QED) is 0.402. The molecule has 1 aromatic heterocycles. The molecule has 0 saturated heterocycles. The number of rotatable bonds is 9. The van der Waals surface area contributed by atoms with Gasteiger partial charge in [-0.15, -0.1) is 11.3 Å². The topological polar surface area (TPSA) is 75.7 Å². The number of benzene rings is 2. The maximum absolute atomic E-state index is 13.8. The van der Waals surface area contributed by atoms with E-state index in [1.54, 1.807) is 29.2 Å². The maximum Gasteiger partial charge on any atom is 0.337 e. The lowest BCUT2D eigenvalue weighted by Gasteiger charge is -2.33. The van der Waals surface area contributed by atoms with Crippen LogP contribution in [0.3, 0.4) is 0 Å². The van der Waals surface area contributed by atoms with Crippen LogP contribution in [0.4, 0.5) is 0 Å². The van der Waals surface area contributed by atoms with E-state index >= 15 is 0 Å². The van der Waals surface area contributed by atoms with E-state index in [4.69, 9.17) is 4.74 Å². The van der Waals surface area contributed by atoms with Gasteiger partial charge in [0.15, 0.2) is 0 Å². The van der Waals surface area contributed by atoms with Gasteiger partial charge in [-0.25, -0.2) is 4.79 Å². The first-order valence-corrected chi connectivity index (χ1v) is 13.3. The van der Waals surface area contributed by atoms with Gasteiger partial charge in [0.05, 0.1) is 19.1 Å². The molecule has 0 aliphatic heterocycles. The summed E-state index contributed by atoms with van der Waals surface area (Å²) in [7, 11) is 1.33. The number of carbonyl (C=O) groups excluding carboxylic acids is 3. The third-order valence-electron chi connectivity index (χ3n) is 6.58. The summed E-state index contributed by atoms with van der Waals surface area (Å²) in [5.74, 6) is -0.759. The highest BCUT2D eigenvalue weighted by molar-refractivity contribution is 7.10. The van der Waals surface area contributed by atoms with E-state index in [9.17, 15) is 14.4 Å². The molecule has 1 aliphatic rings. The summed E-state index contributed by atoms with van der Waals surface area (Å²) in [6.07, 6.45) is 5.48. The van der Waals surface area contributed by atoms with Crippen molar-refractivity contribution in [2.45, 2.75) is 57.2 Å². The lowest BCUT2D eigenvalue weighted by molar-refractivity contribution is -0.141. The number of methoxy groups -OCH3 is 1. The number of hydrogen-bond donors (Lipinski definition) is 1. The van der Waals surface area contributed by atoms with Gasteiger partial charge in [-0.3, -0.25) is 9.59 Å². The van der Waals surface area contributed by atoms with E-state index in [1.165, 1.54) is 24.9 Å². The Hall–Kier alpha value is -3.45. The number of nitrogens with one attached hydrogen (secondary N) is 1. The van der Waals surface area contributed by atoms with Gasteiger partial charge in [0, 0.05) is 17.5 Å². The highest BCUT2D eigenvalue weighted by Gasteiger charge is 2.33. The number of nitrogens with zero attached hydrogens (tertiary/aromatic N) is 1. The van der Waals surface area contributed by atoms with E-state index in [0.29, 0.717) is 17.7 Å². The first kappa shape index (κ1) is 25.6. The predicted molar refractivity (Wildman–Crippen MR) is 141 cm³/mol. The van der Waals surface area contributed by atoms with Crippen LogP contribution >= 0.6 is 11.3 Å². The fourth-order valence-corrected chi connectivity index (χ4v) is 5.38.